The number of aromatic amines is 1. The van der Waals surface area contributed by atoms with Crippen molar-refractivity contribution in [1.82, 2.24) is 15.0 Å². The third-order valence-electron chi connectivity index (χ3n) is 4.34. The van der Waals surface area contributed by atoms with E-state index < -0.39 is 0 Å². The summed E-state index contributed by atoms with van der Waals surface area (Å²) < 4.78 is 0. The van der Waals surface area contributed by atoms with Gasteiger partial charge in [0.25, 0.3) is 0 Å². The Bertz CT molecular complexity index is 1070. The molecule has 0 fully saturated rings. The van der Waals surface area contributed by atoms with Gasteiger partial charge in [0.2, 0.25) is 0 Å². The van der Waals surface area contributed by atoms with E-state index in [1.165, 1.54) is 5.56 Å². The molecule has 0 aliphatic carbocycles. The SMILES string of the molecule is CC(C)c1cccc(-c2nc3c(Nc4cccc(O)c4)nccc3[nH]2)c1. The molecule has 0 aliphatic heterocycles. The molecule has 4 rings (SSSR count). The topological polar surface area (TPSA) is 73.8 Å². The lowest BCUT2D eigenvalue weighted by molar-refractivity contribution is 0.475. The van der Waals surface area contributed by atoms with Crippen molar-refractivity contribution >= 4 is 22.5 Å². The summed E-state index contributed by atoms with van der Waals surface area (Å²) in [5.41, 5.74) is 4.76. The lowest BCUT2D eigenvalue weighted by atomic mass is 10.0. The first kappa shape index (κ1) is 16.1. The van der Waals surface area contributed by atoms with Crippen LogP contribution in [0.4, 0.5) is 11.5 Å². The minimum atomic E-state index is 0.204. The molecule has 0 unspecified atom stereocenters. The first-order chi connectivity index (χ1) is 12.6. The number of hydrogen-bond acceptors (Lipinski definition) is 4. The quantitative estimate of drug-likeness (QED) is 0.476. The molecule has 0 amide bonds. The third-order valence-corrected chi connectivity index (χ3v) is 4.34. The second-order valence-electron chi connectivity index (χ2n) is 6.60. The van der Waals surface area contributed by atoms with Gasteiger partial charge in [-0.1, -0.05) is 38.1 Å². The number of aromatic nitrogens is 3. The number of imidazole rings is 1. The number of aromatic hydroxyl groups is 1. The molecular weight excluding hydrogens is 324 g/mol. The van der Waals surface area contributed by atoms with Gasteiger partial charge in [0.05, 0.1) is 5.52 Å². The predicted molar refractivity (Wildman–Crippen MR) is 105 cm³/mol. The Morgan fingerprint density at radius 3 is 2.69 bits per heavy atom. The number of hydrogen-bond donors (Lipinski definition) is 3. The molecule has 2 heterocycles. The number of phenolic OH excluding ortho intramolecular Hbond substituents is 1. The van der Waals surface area contributed by atoms with Crippen LogP contribution >= 0.6 is 0 Å². The summed E-state index contributed by atoms with van der Waals surface area (Å²) in [6.45, 7) is 4.36. The van der Waals surface area contributed by atoms with Gasteiger partial charge in [-0.2, -0.15) is 0 Å². The minimum Gasteiger partial charge on any atom is -0.508 e. The van der Waals surface area contributed by atoms with Crippen molar-refractivity contribution < 1.29 is 5.11 Å². The van der Waals surface area contributed by atoms with Crippen LogP contribution in [0.3, 0.4) is 0 Å². The van der Waals surface area contributed by atoms with Gasteiger partial charge in [-0.3, -0.25) is 0 Å². The van der Waals surface area contributed by atoms with Gasteiger partial charge in [0.1, 0.15) is 17.1 Å². The minimum absolute atomic E-state index is 0.204. The van der Waals surface area contributed by atoms with Gasteiger partial charge >= 0.3 is 0 Å². The number of pyridine rings is 1. The van der Waals surface area contributed by atoms with Crippen molar-refractivity contribution in [2.24, 2.45) is 0 Å². The number of rotatable bonds is 4. The fraction of sp³-hybridized carbons (Fsp3) is 0.143. The highest BCUT2D eigenvalue weighted by atomic mass is 16.3. The van der Waals surface area contributed by atoms with Crippen LogP contribution in [0.25, 0.3) is 22.4 Å². The van der Waals surface area contributed by atoms with Gasteiger partial charge in [-0.15, -0.1) is 0 Å². The molecule has 2 aromatic heterocycles. The zero-order chi connectivity index (χ0) is 18.1. The number of benzene rings is 2. The maximum atomic E-state index is 9.65. The summed E-state index contributed by atoms with van der Waals surface area (Å²) in [6, 6.07) is 17.3. The molecule has 0 spiro atoms. The van der Waals surface area contributed by atoms with Gasteiger partial charge in [0.15, 0.2) is 5.82 Å². The molecule has 130 valence electrons. The van der Waals surface area contributed by atoms with E-state index in [4.69, 9.17) is 4.98 Å². The Morgan fingerprint density at radius 2 is 1.88 bits per heavy atom. The average Bonchev–Trinajstić information content (AvgIpc) is 3.07. The van der Waals surface area contributed by atoms with Crippen LogP contribution in [0.2, 0.25) is 0 Å². The van der Waals surface area contributed by atoms with Crippen molar-refractivity contribution in [1.29, 1.82) is 0 Å². The highest BCUT2D eigenvalue weighted by molar-refractivity contribution is 5.90. The largest absolute Gasteiger partial charge is 0.508 e. The van der Waals surface area contributed by atoms with Crippen LogP contribution in [-0.4, -0.2) is 20.1 Å². The molecular formula is C21H20N4O. The van der Waals surface area contributed by atoms with Crippen LogP contribution in [0, 0.1) is 0 Å². The van der Waals surface area contributed by atoms with E-state index >= 15 is 0 Å². The standard InChI is InChI=1S/C21H20N4O/c1-13(2)14-5-3-6-15(11-14)20-24-18-9-10-22-21(19(18)25-20)23-16-7-4-8-17(26)12-16/h3-13,26H,1-2H3,(H,22,23)(H,24,25). The number of nitrogens with one attached hydrogen (secondary N) is 2. The van der Waals surface area contributed by atoms with Crippen LogP contribution in [0.15, 0.2) is 60.8 Å². The Hall–Kier alpha value is -3.34. The zero-order valence-corrected chi connectivity index (χ0v) is 14.7. The second kappa shape index (κ2) is 6.52. The highest BCUT2D eigenvalue weighted by Crippen LogP contribution is 2.28. The van der Waals surface area contributed by atoms with Gasteiger partial charge < -0.3 is 15.4 Å². The second-order valence-corrected chi connectivity index (χ2v) is 6.60. The molecule has 5 nitrogen and oxygen atoms in total. The normalized spacial score (nSPS) is 11.2. The molecule has 2 aromatic carbocycles. The average molecular weight is 344 g/mol. The molecule has 0 saturated heterocycles. The zero-order valence-electron chi connectivity index (χ0n) is 14.7. The number of fused-ring (bicyclic) bond motifs is 1. The maximum Gasteiger partial charge on any atom is 0.158 e. The number of phenols is 1. The number of H-pyrrole nitrogens is 1. The third kappa shape index (κ3) is 3.11. The molecule has 4 aromatic rings. The predicted octanol–water partition coefficient (Wildman–Crippen LogP) is 5.20. The Morgan fingerprint density at radius 1 is 1.04 bits per heavy atom. The first-order valence-electron chi connectivity index (χ1n) is 8.61. The molecule has 5 heteroatoms. The van der Waals surface area contributed by atoms with Crippen LogP contribution in [0.1, 0.15) is 25.3 Å². The number of anilines is 2. The smallest absolute Gasteiger partial charge is 0.158 e. The number of nitrogens with zero attached hydrogens (tertiary/aromatic N) is 2. The van der Waals surface area contributed by atoms with E-state index in [2.05, 4.69) is 53.4 Å². The fourth-order valence-corrected chi connectivity index (χ4v) is 2.93. The van der Waals surface area contributed by atoms with Crippen LogP contribution < -0.4 is 5.32 Å². The maximum absolute atomic E-state index is 9.65. The Labute approximate surface area is 151 Å². The Balaban J connectivity index is 1.75. The van der Waals surface area contributed by atoms with Crippen molar-refractivity contribution in [3.8, 4) is 17.1 Å². The fourth-order valence-electron chi connectivity index (χ4n) is 2.93. The lowest BCUT2D eigenvalue weighted by Gasteiger charge is -2.06. The Kier molecular flexibility index (Phi) is 4.05. The molecule has 26 heavy (non-hydrogen) atoms. The summed E-state index contributed by atoms with van der Waals surface area (Å²) >= 11 is 0. The van der Waals surface area contributed by atoms with Crippen LogP contribution in [-0.2, 0) is 0 Å². The highest BCUT2D eigenvalue weighted by Gasteiger charge is 2.11. The molecule has 0 saturated carbocycles. The van der Waals surface area contributed by atoms with Gasteiger partial charge in [-0.25, -0.2) is 9.97 Å². The molecule has 0 atom stereocenters. The van der Waals surface area contributed by atoms with E-state index in [1.54, 1.807) is 24.4 Å². The van der Waals surface area contributed by atoms with E-state index in [-0.39, 0.29) is 5.75 Å². The lowest BCUT2D eigenvalue weighted by Crippen LogP contribution is -1.94. The van der Waals surface area contributed by atoms with E-state index in [9.17, 15) is 5.11 Å². The van der Waals surface area contributed by atoms with Crippen molar-refractivity contribution in [2.45, 2.75) is 19.8 Å². The van der Waals surface area contributed by atoms with Crippen molar-refractivity contribution in [2.75, 3.05) is 5.32 Å². The molecule has 0 aliphatic rings. The molecule has 3 N–H and O–H groups in total. The van der Waals surface area contributed by atoms with E-state index in [0.29, 0.717) is 11.7 Å². The van der Waals surface area contributed by atoms with Gasteiger partial charge in [0, 0.05) is 23.5 Å². The molecule has 0 bridgehead atoms. The van der Waals surface area contributed by atoms with Crippen molar-refractivity contribution in [3.63, 3.8) is 0 Å². The van der Waals surface area contributed by atoms with Crippen LogP contribution in [0.5, 0.6) is 5.75 Å². The van der Waals surface area contributed by atoms with Gasteiger partial charge in [-0.05, 0) is 35.7 Å². The first-order valence-corrected chi connectivity index (χ1v) is 8.61. The summed E-state index contributed by atoms with van der Waals surface area (Å²) in [5.74, 6) is 2.13. The summed E-state index contributed by atoms with van der Waals surface area (Å²) in [4.78, 5) is 12.5. The summed E-state index contributed by atoms with van der Waals surface area (Å²) in [6.07, 6.45) is 1.74. The van der Waals surface area contributed by atoms with E-state index in [1.807, 2.05) is 12.1 Å². The molecule has 0 radical (unpaired) electrons. The van der Waals surface area contributed by atoms with E-state index in [0.717, 1.165) is 28.1 Å². The van der Waals surface area contributed by atoms with Crippen molar-refractivity contribution in [3.05, 3.63) is 66.4 Å². The summed E-state index contributed by atoms with van der Waals surface area (Å²) in [7, 11) is 0. The summed E-state index contributed by atoms with van der Waals surface area (Å²) in [5, 5.41) is 12.9. The monoisotopic (exact) mass is 344 g/mol.